The van der Waals surface area contributed by atoms with Crippen LogP contribution in [0, 0.1) is 5.82 Å². The van der Waals surface area contributed by atoms with Gasteiger partial charge in [-0.1, -0.05) is 18.2 Å². The quantitative estimate of drug-likeness (QED) is 0.780. The lowest BCUT2D eigenvalue weighted by atomic mass is 10.0. The molecule has 20 heavy (non-hydrogen) atoms. The molecule has 0 radical (unpaired) electrons. The molecule has 0 aliphatic heterocycles. The highest BCUT2D eigenvalue weighted by molar-refractivity contribution is 9.10. The largest absolute Gasteiger partial charge is 0.416 e. The Labute approximate surface area is 121 Å². The van der Waals surface area contributed by atoms with Crippen LogP contribution in [0.2, 0.25) is 0 Å². The summed E-state index contributed by atoms with van der Waals surface area (Å²) in [6, 6.07) is 8.14. The van der Waals surface area contributed by atoms with Crippen molar-refractivity contribution in [3.63, 3.8) is 0 Å². The number of hydrogen-bond acceptors (Lipinski definition) is 1. The van der Waals surface area contributed by atoms with Gasteiger partial charge in [-0.15, -0.1) is 0 Å². The molecule has 0 amide bonds. The van der Waals surface area contributed by atoms with E-state index in [4.69, 9.17) is 0 Å². The van der Waals surface area contributed by atoms with Crippen LogP contribution in [0.4, 0.5) is 17.6 Å². The fourth-order valence-electron chi connectivity index (χ4n) is 1.73. The molecular weight excluding hydrogens is 340 g/mol. The van der Waals surface area contributed by atoms with Crippen molar-refractivity contribution in [1.29, 1.82) is 0 Å². The van der Waals surface area contributed by atoms with E-state index in [1.54, 1.807) is 0 Å². The van der Waals surface area contributed by atoms with E-state index in [1.165, 1.54) is 30.3 Å². The van der Waals surface area contributed by atoms with Crippen molar-refractivity contribution in [2.45, 2.75) is 12.3 Å². The molecule has 2 aromatic carbocycles. The van der Waals surface area contributed by atoms with Crippen molar-refractivity contribution in [2.75, 3.05) is 0 Å². The van der Waals surface area contributed by atoms with Crippen molar-refractivity contribution in [2.24, 2.45) is 0 Å². The van der Waals surface area contributed by atoms with Gasteiger partial charge in [-0.2, -0.15) is 13.2 Å². The third-order valence-electron chi connectivity index (χ3n) is 2.81. The zero-order chi connectivity index (χ0) is 14.9. The summed E-state index contributed by atoms with van der Waals surface area (Å²) in [4.78, 5) is 0. The van der Waals surface area contributed by atoms with E-state index in [-0.39, 0.29) is 4.47 Å². The number of aliphatic hydroxyl groups excluding tert-OH is 1. The van der Waals surface area contributed by atoms with Gasteiger partial charge in [0.1, 0.15) is 11.9 Å². The highest BCUT2D eigenvalue weighted by Crippen LogP contribution is 2.31. The van der Waals surface area contributed by atoms with Crippen LogP contribution in [0.5, 0.6) is 0 Å². The summed E-state index contributed by atoms with van der Waals surface area (Å²) in [5.74, 6) is -0.478. The molecule has 106 valence electrons. The maximum absolute atomic E-state index is 13.1. The number of halogens is 5. The Morgan fingerprint density at radius 2 is 1.50 bits per heavy atom. The monoisotopic (exact) mass is 348 g/mol. The highest BCUT2D eigenvalue weighted by atomic mass is 79.9. The number of alkyl halides is 3. The molecule has 1 nitrogen and oxygen atoms in total. The first-order chi connectivity index (χ1) is 9.29. The van der Waals surface area contributed by atoms with Crippen LogP contribution in [-0.4, -0.2) is 5.11 Å². The normalized spacial score (nSPS) is 13.3. The molecule has 0 aliphatic rings. The van der Waals surface area contributed by atoms with Gasteiger partial charge in [-0.25, -0.2) is 4.39 Å². The maximum atomic E-state index is 13.1. The summed E-state index contributed by atoms with van der Waals surface area (Å²) in [6.45, 7) is 0. The fraction of sp³-hybridized carbons (Fsp3) is 0.143. The first kappa shape index (κ1) is 15.0. The summed E-state index contributed by atoms with van der Waals surface area (Å²) < 4.78 is 50.6. The first-order valence-corrected chi connectivity index (χ1v) is 6.38. The molecule has 0 saturated carbocycles. The Morgan fingerprint density at radius 3 is 2.00 bits per heavy atom. The molecule has 1 N–H and O–H groups in total. The minimum atomic E-state index is -4.41. The summed E-state index contributed by atoms with van der Waals surface area (Å²) in [6.07, 6.45) is -5.53. The second-order valence-electron chi connectivity index (χ2n) is 4.20. The average molecular weight is 349 g/mol. The molecule has 0 bridgehead atoms. The molecule has 6 heteroatoms. The molecule has 0 aromatic heterocycles. The minimum absolute atomic E-state index is 0.181. The van der Waals surface area contributed by atoms with Crippen molar-refractivity contribution in [3.05, 3.63) is 69.4 Å². The van der Waals surface area contributed by atoms with Crippen molar-refractivity contribution in [1.82, 2.24) is 0 Å². The van der Waals surface area contributed by atoms with Crippen LogP contribution in [0.3, 0.4) is 0 Å². The van der Waals surface area contributed by atoms with E-state index in [9.17, 15) is 22.7 Å². The third kappa shape index (κ3) is 3.19. The van der Waals surface area contributed by atoms with Crippen molar-refractivity contribution >= 4 is 15.9 Å². The average Bonchev–Trinajstić information content (AvgIpc) is 2.40. The minimum Gasteiger partial charge on any atom is -0.384 e. The van der Waals surface area contributed by atoms with Gasteiger partial charge in [0.15, 0.2) is 0 Å². The van der Waals surface area contributed by atoms with Crippen LogP contribution in [0.25, 0.3) is 0 Å². The molecule has 0 saturated heterocycles. The summed E-state index contributed by atoms with van der Waals surface area (Å²) in [5, 5.41) is 10.1. The van der Waals surface area contributed by atoms with Gasteiger partial charge in [-0.3, -0.25) is 0 Å². The van der Waals surface area contributed by atoms with Crippen LogP contribution >= 0.6 is 15.9 Å². The lowest BCUT2D eigenvalue weighted by Crippen LogP contribution is -2.06. The third-order valence-corrected chi connectivity index (χ3v) is 3.42. The number of benzene rings is 2. The Kier molecular flexibility index (Phi) is 4.15. The van der Waals surface area contributed by atoms with E-state index in [0.717, 1.165) is 12.1 Å². The van der Waals surface area contributed by atoms with Gasteiger partial charge >= 0.3 is 6.18 Å². The van der Waals surface area contributed by atoms with Gasteiger partial charge < -0.3 is 5.11 Å². The van der Waals surface area contributed by atoms with E-state index in [0.29, 0.717) is 11.1 Å². The molecular formula is C14H9BrF4O. The number of aliphatic hydroxyl groups is 1. The SMILES string of the molecule is OC(c1ccc(C(F)(F)F)cc1)c1ccc(F)c(Br)c1. The van der Waals surface area contributed by atoms with Crippen LogP contribution in [0.1, 0.15) is 22.8 Å². The van der Waals surface area contributed by atoms with Crippen molar-refractivity contribution < 1.29 is 22.7 Å². The molecule has 0 aliphatic carbocycles. The van der Waals surface area contributed by atoms with Crippen LogP contribution < -0.4 is 0 Å². The maximum Gasteiger partial charge on any atom is 0.416 e. The molecule has 2 aromatic rings. The fourth-order valence-corrected chi connectivity index (χ4v) is 2.13. The van der Waals surface area contributed by atoms with Gasteiger partial charge in [0, 0.05) is 0 Å². The summed E-state index contributed by atoms with van der Waals surface area (Å²) >= 11 is 2.99. The van der Waals surface area contributed by atoms with Gasteiger partial charge in [0.25, 0.3) is 0 Å². The Balaban J connectivity index is 2.29. The summed E-state index contributed by atoms with van der Waals surface area (Å²) in [5.41, 5.74) is -0.0942. The highest BCUT2D eigenvalue weighted by Gasteiger charge is 2.30. The van der Waals surface area contributed by atoms with E-state index in [2.05, 4.69) is 15.9 Å². The Bertz CT molecular complexity index is 608. The standard InChI is InChI=1S/C14H9BrF4O/c15-11-7-9(3-6-12(11)16)13(20)8-1-4-10(5-2-8)14(17,18)19/h1-7,13,20H. The van der Waals surface area contributed by atoms with Crippen molar-refractivity contribution in [3.8, 4) is 0 Å². The molecule has 0 heterocycles. The van der Waals surface area contributed by atoms with Gasteiger partial charge in [-0.05, 0) is 51.3 Å². The zero-order valence-electron chi connectivity index (χ0n) is 9.96. The molecule has 1 unspecified atom stereocenters. The van der Waals surface area contributed by atoms with Gasteiger partial charge in [0.2, 0.25) is 0 Å². The number of rotatable bonds is 2. The van der Waals surface area contributed by atoms with E-state index < -0.39 is 23.7 Å². The van der Waals surface area contributed by atoms with Gasteiger partial charge in [0.05, 0.1) is 10.0 Å². The first-order valence-electron chi connectivity index (χ1n) is 5.59. The van der Waals surface area contributed by atoms with Crippen LogP contribution in [0.15, 0.2) is 46.9 Å². The summed E-state index contributed by atoms with van der Waals surface area (Å²) in [7, 11) is 0. The Morgan fingerprint density at radius 1 is 0.950 bits per heavy atom. The Hall–Kier alpha value is -1.40. The second-order valence-corrected chi connectivity index (χ2v) is 5.05. The zero-order valence-corrected chi connectivity index (χ0v) is 11.5. The number of hydrogen-bond donors (Lipinski definition) is 1. The van der Waals surface area contributed by atoms with E-state index in [1.807, 2.05) is 0 Å². The molecule has 0 spiro atoms. The molecule has 2 rings (SSSR count). The molecule has 0 fully saturated rings. The van der Waals surface area contributed by atoms with Crippen LogP contribution in [-0.2, 0) is 6.18 Å². The van der Waals surface area contributed by atoms with E-state index >= 15 is 0 Å². The lowest BCUT2D eigenvalue weighted by molar-refractivity contribution is -0.137. The smallest absolute Gasteiger partial charge is 0.384 e. The topological polar surface area (TPSA) is 20.2 Å². The second kappa shape index (κ2) is 5.54. The predicted octanol–water partition coefficient (Wildman–Crippen LogP) is 4.69. The lowest BCUT2D eigenvalue weighted by Gasteiger charge is -2.13. The molecule has 1 atom stereocenters. The predicted molar refractivity (Wildman–Crippen MR) is 69.6 cm³/mol.